The van der Waals surface area contributed by atoms with Crippen LogP contribution in [0, 0.1) is 11.8 Å². The lowest BCUT2D eigenvalue weighted by atomic mass is 9.79. The van der Waals surface area contributed by atoms with Crippen molar-refractivity contribution >= 4 is 23.4 Å². The largest absolute Gasteiger partial charge is 0.507 e. The van der Waals surface area contributed by atoms with Crippen LogP contribution in [0.1, 0.15) is 44.1 Å². The molecule has 10 heteroatoms. The average molecular weight is 516 g/mol. The van der Waals surface area contributed by atoms with Crippen molar-refractivity contribution in [3.63, 3.8) is 0 Å². The first-order valence-corrected chi connectivity index (χ1v) is 13.4. The number of nitrogens with zero attached hydrogens (tertiary/aromatic N) is 6. The van der Waals surface area contributed by atoms with Gasteiger partial charge in [0.25, 0.3) is 0 Å². The molecule has 0 radical (unpaired) electrons. The Kier molecular flexibility index (Phi) is 6.47. The number of fused-ring (bicyclic) bond motifs is 2. The Labute approximate surface area is 221 Å². The van der Waals surface area contributed by atoms with Gasteiger partial charge in [-0.25, -0.2) is 9.97 Å². The molecule has 1 saturated carbocycles. The SMILES string of the molecule is Nc1nnc(-c2ccccc2O)cc1N1CC2CC[C@H](C1)N2c1ncc(CC2CCC(C(=O)O)CC2)cn1. The minimum Gasteiger partial charge on any atom is -0.507 e. The molecule has 10 nitrogen and oxygen atoms in total. The molecule has 0 amide bonds. The summed E-state index contributed by atoms with van der Waals surface area (Å²) in [7, 11) is 0. The van der Waals surface area contributed by atoms with Crippen molar-refractivity contribution < 1.29 is 15.0 Å². The number of aromatic nitrogens is 4. The molecule has 2 saturated heterocycles. The molecule has 3 aromatic rings. The third-order valence-electron chi connectivity index (χ3n) is 8.45. The Balaban J connectivity index is 1.13. The standard InChI is InChI=1S/C28H33N7O3/c29-26-24(12-23(32-33-26)22-3-1-2-4-25(22)36)34-15-20-9-10-21(16-34)35(20)28-30-13-18(14-31-28)11-17-5-7-19(8-6-17)27(37)38/h1-4,12-14,17,19-21,36H,5-11,15-16H2,(H2,29,33)(H,37,38)/t17?,19?,20-,21?/m1/s1. The van der Waals surface area contributed by atoms with E-state index in [0.29, 0.717) is 23.0 Å². The van der Waals surface area contributed by atoms with Crippen molar-refractivity contribution in [1.29, 1.82) is 0 Å². The van der Waals surface area contributed by atoms with Crippen molar-refractivity contribution in [2.75, 3.05) is 28.6 Å². The summed E-state index contributed by atoms with van der Waals surface area (Å²) >= 11 is 0. The van der Waals surface area contributed by atoms with Gasteiger partial charge < -0.3 is 25.7 Å². The third-order valence-corrected chi connectivity index (χ3v) is 8.45. The number of carboxylic acids is 1. The first-order valence-electron chi connectivity index (χ1n) is 13.4. The molecule has 2 atom stereocenters. The van der Waals surface area contributed by atoms with Gasteiger partial charge >= 0.3 is 5.97 Å². The predicted molar refractivity (Wildman–Crippen MR) is 144 cm³/mol. The van der Waals surface area contributed by atoms with E-state index in [2.05, 4.69) is 20.0 Å². The monoisotopic (exact) mass is 515 g/mol. The van der Waals surface area contributed by atoms with Crippen LogP contribution in [0.2, 0.25) is 0 Å². The molecule has 0 spiro atoms. The zero-order valence-corrected chi connectivity index (χ0v) is 21.3. The zero-order chi connectivity index (χ0) is 26.2. The van der Waals surface area contributed by atoms with Crippen LogP contribution in [-0.4, -0.2) is 61.5 Å². The topological polar surface area (TPSA) is 142 Å². The number of aromatic hydroxyl groups is 1. The van der Waals surface area contributed by atoms with E-state index in [4.69, 9.17) is 15.7 Å². The Morgan fingerprint density at radius 1 is 0.974 bits per heavy atom. The predicted octanol–water partition coefficient (Wildman–Crippen LogP) is 3.51. The highest BCUT2D eigenvalue weighted by Gasteiger charge is 2.42. The quantitative estimate of drug-likeness (QED) is 0.446. The van der Waals surface area contributed by atoms with E-state index in [1.165, 1.54) is 0 Å². The van der Waals surface area contributed by atoms with Gasteiger partial charge in [-0.1, -0.05) is 12.1 Å². The fourth-order valence-electron chi connectivity index (χ4n) is 6.43. The summed E-state index contributed by atoms with van der Waals surface area (Å²) in [6.45, 7) is 1.56. The van der Waals surface area contributed by atoms with Crippen LogP contribution in [0.4, 0.5) is 17.5 Å². The van der Waals surface area contributed by atoms with Crippen molar-refractivity contribution in [2.24, 2.45) is 11.8 Å². The van der Waals surface area contributed by atoms with E-state index in [9.17, 15) is 15.0 Å². The van der Waals surface area contributed by atoms with Gasteiger partial charge in [0.15, 0.2) is 5.82 Å². The molecule has 6 rings (SSSR count). The summed E-state index contributed by atoms with van der Waals surface area (Å²) in [5, 5.41) is 27.9. The molecule has 2 aliphatic heterocycles. The van der Waals surface area contributed by atoms with Gasteiger partial charge in [-0.15, -0.1) is 10.2 Å². The number of carboxylic acid groups (broad SMARTS) is 1. The van der Waals surface area contributed by atoms with Gasteiger partial charge in [-0.05, 0) is 74.6 Å². The highest BCUT2D eigenvalue weighted by Crippen LogP contribution is 2.38. The summed E-state index contributed by atoms with van der Waals surface area (Å²) in [6, 6.07) is 9.56. The minimum atomic E-state index is -0.662. The maximum absolute atomic E-state index is 11.2. The molecule has 2 aromatic heterocycles. The van der Waals surface area contributed by atoms with Gasteiger partial charge in [0, 0.05) is 43.1 Å². The number of hydrogen-bond acceptors (Lipinski definition) is 9. The number of rotatable bonds is 6. The molecule has 1 aliphatic carbocycles. The Hall–Kier alpha value is -3.95. The van der Waals surface area contributed by atoms with Crippen LogP contribution in [0.15, 0.2) is 42.7 Å². The van der Waals surface area contributed by atoms with Crippen molar-refractivity contribution in [3.05, 3.63) is 48.3 Å². The summed E-state index contributed by atoms with van der Waals surface area (Å²) in [4.78, 5) is 25.4. The van der Waals surface area contributed by atoms with E-state index in [1.54, 1.807) is 12.1 Å². The maximum atomic E-state index is 11.2. The second kappa shape index (κ2) is 10.1. The normalized spacial score (nSPS) is 24.9. The molecular weight excluding hydrogens is 482 g/mol. The highest BCUT2D eigenvalue weighted by atomic mass is 16.4. The van der Waals surface area contributed by atoms with Crippen molar-refractivity contribution in [2.45, 2.75) is 57.0 Å². The highest BCUT2D eigenvalue weighted by molar-refractivity contribution is 5.74. The molecule has 198 valence electrons. The van der Waals surface area contributed by atoms with Crippen LogP contribution < -0.4 is 15.5 Å². The van der Waals surface area contributed by atoms with Crippen LogP contribution >= 0.6 is 0 Å². The number of para-hydroxylation sites is 1. The lowest BCUT2D eigenvalue weighted by molar-refractivity contribution is -0.143. The number of aliphatic carboxylic acids is 1. The molecule has 4 N–H and O–H groups in total. The van der Waals surface area contributed by atoms with E-state index in [0.717, 1.165) is 75.2 Å². The fourth-order valence-corrected chi connectivity index (χ4v) is 6.43. The number of hydrogen-bond donors (Lipinski definition) is 3. The van der Waals surface area contributed by atoms with Gasteiger partial charge in [0.1, 0.15) is 5.75 Å². The zero-order valence-electron chi connectivity index (χ0n) is 21.3. The van der Waals surface area contributed by atoms with E-state index >= 15 is 0 Å². The summed E-state index contributed by atoms with van der Waals surface area (Å²) < 4.78 is 0. The number of phenols is 1. The molecule has 1 aromatic carbocycles. The summed E-state index contributed by atoms with van der Waals surface area (Å²) in [5.74, 6) is 0.970. The number of phenolic OH excluding ortho intramolecular Hbond substituents is 1. The van der Waals surface area contributed by atoms with Gasteiger partial charge in [-0.2, -0.15) is 0 Å². The Morgan fingerprint density at radius 2 is 1.66 bits per heavy atom. The molecule has 1 unspecified atom stereocenters. The maximum Gasteiger partial charge on any atom is 0.306 e. The van der Waals surface area contributed by atoms with E-state index in [1.807, 2.05) is 30.6 Å². The lowest BCUT2D eigenvalue weighted by Gasteiger charge is -2.42. The number of carbonyl (C=O) groups is 1. The first-order chi connectivity index (χ1) is 18.5. The van der Waals surface area contributed by atoms with Crippen molar-refractivity contribution in [3.8, 4) is 17.0 Å². The van der Waals surface area contributed by atoms with Gasteiger partial charge in [0.05, 0.1) is 17.3 Å². The van der Waals surface area contributed by atoms with Gasteiger partial charge in [-0.3, -0.25) is 4.79 Å². The Bertz CT molecular complexity index is 1300. The molecule has 2 bridgehead atoms. The van der Waals surface area contributed by atoms with Crippen LogP contribution in [0.5, 0.6) is 5.75 Å². The summed E-state index contributed by atoms with van der Waals surface area (Å²) in [6.07, 6.45) is 10.3. The molecule has 3 fully saturated rings. The smallest absolute Gasteiger partial charge is 0.306 e. The van der Waals surface area contributed by atoms with E-state index < -0.39 is 5.97 Å². The molecule has 38 heavy (non-hydrogen) atoms. The second-order valence-electron chi connectivity index (χ2n) is 10.9. The van der Waals surface area contributed by atoms with Crippen LogP contribution in [-0.2, 0) is 11.2 Å². The lowest BCUT2D eigenvalue weighted by Crippen LogP contribution is -2.54. The summed E-state index contributed by atoms with van der Waals surface area (Å²) in [5.41, 5.74) is 9.44. The van der Waals surface area contributed by atoms with Crippen molar-refractivity contribution in [1.82, 2.24) is 20.2 Å². The molecular formula is C28H33N7O3. The number of nitrogens with two attached hydrogens (primary N) is 1. The third kappa shape index (κ3) is 4.70. The Morgan fingerprint density at radius 3 is 2.32 bits per heavy atom. The first kappa shape index (κ1) is 24.4. The molecule has 4 heterocycles. The van der Waals surface area contributed by atoms with Crippen LogP contribution in [0.25, 0.3) is 11.3 Å². The van der Waals surface area contributed by atoms with Crippen LogP contribution in [0.3, 0.4) is 0 Å². The molecule has 3 aliphatic rings. The minimum absolute atomic E-state index is 0.163. The number of nitrogen functional groups attached to an aromatic ring is 1. The number of piperazine rings is 1. The van der Waals surface area contributed by atoms with E-state index in [-0.39, 0.29) is 23.8 Å². The second-order valence-corrected chi connectivity index (χ2v) is 10.9. The number of benzene rings is 1. The fraction of sp³-hybridized carbons (Fsp3) is 0.464. The number of anilines is 3. The average Bonchev–Trinajstić information content (AvgIpc) is 3.19. The van der Waals surface area contributed by atoms with Gasteiger partial charge in [0.2, 0.25) is 5.95 Å².